The Morgan fingerprint density at radius 2 is 2.00 bits per heavy atom. The molecular weight excluding hydrogens is 314 g/mol. The van der Waals surface area contributed by atoms with Crippen molar-refractivity contribution in [3.63, 3.8) is 0 Å². The van der Waals surface area contributed by atoms with E-state index in [0.717, 1.165) is 56.4 Å². The third-order valence-electron chi connectivity index (χ3n) is 5.01. The number of hydrogen-bond donors (Lipinski definition) is 1. The van der Waals surface area contributed by atoms with E-state index in [0.29, 0.717) is 12.5 Å². The predicted molar refractivity (Wildman–Crippen MR) is 99.9 cm³/mol. The molecule has 0 spiro atoms. The second-order valence-corrected chi connectivity index (χ2v) is 7.69. The Bertz CT molecular complexity index is 597. The normalized spacial score (nSPS) is 21.8. The van der Waals surface area contributed by atoms with Gasteiger partial charge in [-0.1, -0.05) is 0 Å². The minimum Gasteiger partial charge on any atom is -0.357 e. The van der Waals surface area contributed by atoms with E-state index in [1.165, 1.54) is 12.8 Å². The summed E-state index contributed by atoms with van der Waals surface area (Å²) < 4.78 is 0. The highest BCUT2D eigenvalue weighted by molar-refractivity contribution is 5.78. The van der Waals surface area contributed by atoms with Gasteiger partial charge in [0.1, 0.15) is 11.6 Å². The standard InChI is InChI=1S/C19H31N5O/c1-14(2)20-19(25)13-23-8-6-7-16(12-23)17-11-18(22-15(3)21-17)24-9-4-5-10-24/h11,14,16H,4-10,12-13H2,1-3H3,(H,20,25)/t16-/m0/s1. The van der Waals surface area contributed by atoms with Crippen LogP contribution in [0.15, 0.2) is 6.07 Å². The van der Waals surface area contributed by atoms with Gasteiger partial charge in [0.25, 0.3) is 0 Å². The van der Waals surface area contributed by atoms with Gasteiger partial charge in [-0.25, -0.2) is 9.97 Å². The topological polar surface area (TPSA) is 61.4 Å². The van der Waals surface area contributed by atoms with Gasteiger partial charge in [-0.3, -0.25) is 9.69 Å². The van der Waals surface area contributed by atoms with E-state index in [1.54, 1.807) is 0 Å². The van der Waals surface area contributed by atoms with Gasteiger partial charge in [0.2, 0.25) is 5.91 Å². The van der Waals surface area contributed by atoms with Gasteiger partial charge in [0.15, 0.2) is 0 Å². The van der Waals surface area contributed by atoms with E-state index in [1.807, 2.05) is 20.8 Å². The number of amides is 1. The van der Waals surface area contributed by atoms with Crippen LogP contribution in [0.2, 0.25) is 0 Å². The Hall–Kier alpha value is -1.69. The van der Waals surface area contributed by atoms with Gasteiger partial charge in [-0.15, -0.1) is 0 Å². The molecule has 1 aromatic heterocycles. The molecule has 2 aliphatic heterocycles. The Morgan fingerprint density at radius 1 is 1.24 bits per heavy atom. The van der Waals surface area contributed by atoms with Gasteiger partial charge >= 0.3 is 0 Å². The Kier molecular flexibility index (Phi) is 5.89. The average molecular weight is 345 g/mol. The smallest absolute Gasteiger partial charge is 0.234 e. The predicted octanol–water partition coefficient (Wildman–Crippen LogP) is 2.09. The summed E-state index contributed by atoms with van der Waals surface area (Å²) in [5, 5.41) is 2.99. The van der Waals surface area contributed by atoms with Crippen LogP contribution in [0.5, 0.6) is 0 Å². The van der Waals surface area contributed by atoms with Crippen molar-refractivity contribution in [1.29, 1.82) is 0 Å². The average Bonchev–Trinajstić information content (AvgIpc) is 3.08. The highest BCUT2D eigenvalue weighted by Crippen LogP contribution is 2.28. The Balaban J connectivity index is 1.67. The molecule has 3 rings (SSSR count). The van der Waals surface area contributed by atoms with Crippen LogP contribution in [0.4, 0.5) is 5.82 Å². The van der Waals surface area contributed by atoms with Crippen LogP contribution in [0.1, 0.15) is 57.0 Å². The number of nitrogens with one attached hydrogen (secondary N) is 1. The number of carbonyl (C=O) groups is 1. The number of hydrogen-bond acceptors (Lipinski definition) is 5. The Morgan fingerprint density at radius 3 is 2.72 bits per heavy atom. The van der Waals surface area contributed by atoms with Gasteiger partial charge < -0.3 is 10.2 Å². The fraction of sp³-hybridized carbons (Fsp3) is 0.737. The number of aryl methyl sites for hydroxylation is 1. The van der Waals surface area contributed by atoms with Crippen molar-refractivity contribution >= 4 is 11.7 Å². The fourth-order valence-electron chi connectivity index (χ4n) is 3.90. The maximum atomic E-state index is 12.1. The first-order valence-electron chi connectivity index (χ1n) is 9.63. The highest BCUT2D eigenvalue weighted by atomic mass is 16.2. The van der Waals surface area contributed by atoms with E-state index in [4.69, 9.17) is 4.98 Å². The molecule has 0 radical (unpaired) electrons. The quantitative estimate of drug-likeness (QED) is 0.885. The van der Waals surface area contributed by atoms with Crippen LogP contribution in [0.25, 0.3) is 0 Å². The maximum Gasteiger partial charge on any atom is 0.234 e. The second kappa shape index (κ2) is 8.13. The molecular formula is C19H31N5O. The number of piperidine rings is 1. The second-order valence-electron chi connectivity index (χ2n) is 7.69. The molecule has 1 atom stereocenters. The molecule has 6 heteroatoms. The molecule has 0 aromatic carbocycles. The van der Waals surface area contributed by atoms with Gasteiger partial charge in [-0.05, 0) is 53.0 Å². The van der Waals surface area contributed by atoms with E-state index < -0.39 is 0 Å². The molecule has 138 valence electrons. The van der Waals surface area contributed by atoms with Gasteiger partial charge in [0.05, 0.1) is 12.2 Å². The molecule has 1 aromatic rings. The first kappa shape index (κ1) is 18.1. The first-order valence-corrected chi connectivity index (χ1v) is 9.63. The van der Waals surface area contributed by atoms with Crippen molar-refractivity contribution in [2.75, 3.05) is 37.6 Å². The number of rotatable bonds is 5. The molecule has 2 saturated heterocycles. The summed E-state index contributed by atoms with van der Waals surface area (Å²) >= 11 is 0. The van der Waals surface area contributed by atoms with Crippen LogP contribution in [-0.4, -0.2) is 59.5 Å². The summed E-state index contributed by atoms with van der Waals surface area (Å²) in [6, 6.07) is 2.38. The molecule has 6 nitrogen and oxygen atoms in total. The van der Waals surface area contributed by atoms with Crippen LogP contribution in [-0.2, 0) is 4.79 Å². The van der Waals surface area contributed by atoms with Crippen molar-refractivity contribution in [2.24, 2.45) is 0 Å². The lowest BCUT2D eigenvalue weighted by atomic mass is 9.94. The van der Waals surface area contributed by atoms with Crippen LogP contribution < -0.4 is 10.2 Å². The third-order valence-corrected chi connectivity index (χ3v) is 5.01. The monoisotopic (exact) mass is 345 g/mol. The summed E-state index contributed by atoms with van der Waals surface area (Å²) in [6.45, 7) is 10.6. The molecule has 0 unspecified atom stereocenters. The van der Waals surface area contributed by atoms with E-state index in [9.17, 15) is 4.79 Å². The summed E-state index contributed by atoms with van der Waals surface area (Å²) in [5.74, 6) is 2.44. The zero-order chi connectivity index (χ0) is 17.8. The lowest BCUT2D eigenvalue weighted by molar-refractivity contribution is -0.123. The SMILES string of the molecule is Cc1nc([C@H]2CCCN(CC(=O)NC(C)C)C2)cc(N2CCCC2)n1. The molecule has 1 amide bonds. The number of likely N-dealkylation sites (tertiary alicyclic amines) is 1. The summed E-state index contributed by atoms with van der Waals surface area (Å²) in [4.78, 5) is 26.1. The molecule has 2 aliphatic rings. The lowest BCUT2D eigenvalue weighted by Crippen LogP contribution is -2.43. The summed E-state index contributed by atoms with van der Waals surface area (Å²) in [5.41, 5.74) is 1.14. The number of carbonyl (C=O) groups excluding carboxylic acids is 1. The molecule has 0 bridgehead atoms. The van der Waals surface area contributed by atoms with Crippen LogP contribution in [0, 0.1) is 6.92 Å². The third kappa shape index (κ3) is 4.91. The van der Waals surface area contributed by atoms with Crippen LogP contribution in [0.3, 0.4) is 0 Å². The number of nitrogens with zero attached hydrogens (tertiary/aromatic N) is 4. The Labute approximate surface area is 151 Å². The van der Waals surface area contributed by atoms with Gasteiger partial charge in [-0.2, -0.15) is 0 Å². The van der Waals surface area contributed by atoms with Crippen molar-refractivity contribution in [1.82, 2.24) is 20.2 Å². The summed E-state index contributed by atoms with van der Waals surface area (Å²) in [6.07, 6.45) is 4.75. The van der Waals surface area contributed by atoms with Crippen LogP contribution >= 0.6 is 0 Å². The van der Waals surface area contributed by atoms with Crippen molar-refractivity contribution in [3.05, 3.63) is 17.6 Å². The van der Waals surface area contributed by atoms with Crippen molar-refractivity contribution < 1.29 is 4.79 Å². The maximum absolute atomic E-state index is 12.1. The number of anilines is 1. The molecule has 1 N–H and O–H groups in total. The minimum absolute atomic E-state index is 0.118. The lowest BCUT2D eigenvalue weighted by Gasteiger charge is -2.32. The van der Waals surface area contributed by atoms with Crippen molar-refractivity contribution in [3.8, 4) is 0 Å². The minimum atomic E-state index is 0.118. The number of aromatic nitrogens is 2. The van der Waals surface area contributed by atoms with E-state index >= 15 is 0 Å². The first-order chi connectivity index (χ1) is 12.0. The molecule has 3 heterocycles. The molecule has 25 heavy (non-hydrogen) atoms. The zero-order valence-corrected chi connectivity index (χ0v) is 15.8. The summed E-state index contributed by atoms with van der Waals surface area (Å²) in [7, 11) is 0. The van der Waals surface area contributed by atoms with Gasteiger partial charge in [0, 0.05) is 37.7 Å². The zero-order valence-electron chi connectivity index (χ0n) is 15.8. The van der Waals surface area contributed by atoms with E-state index in [-0.39, 0.29) is 11.9 Å². The molecule has 0 saturated carbocycles. The fourth-order valence-corrected chi connectivity index (χ4v) is 3.90. The van der Waals surface area contributed by atoms with Crippen molar-refractivity contribution in [2.45, 2.75) is 58.4 Å². The van der Waals surface area contributed by atoms with E-state index in [2.05, 4.69) is 26.2 Å². The largest absolute Gasteiger partial charge is 0.357 e. The molecule has 0 aliphatic carbocycles. The molecule has 2 fully saturated rings. The highest BCUT2D eigenvalue weighted by Gasteiger charge is 2.25.